The Morgan fingerprint density at radius 3 is 1.50 bits per heavy atom. The van der Waals surface area contributed by atoms with Crippen molar-refractivity contribution >= 4 is 57.2 Å². The molecule has 0 aliphatic carbocycles. The summed E-state index contributed by atoms with van der Waals surface area (Å²) in [6.45, 7) is 2.21. The summed E-state index contributed by atoms with van der Waals surface area (Å²) in [6.07, 6.45) is -6.04. The van der Waals surface area contributed by atoms with E-state index in [0.717, 1.165) is 35.2 Å². The molecule has 2 amide bonds. The van der Waals surface area contributed by atoms with Crippen LogP contribution in [0.1, 0.15) is 44.7 Å². The summed E-state index contributed by atoms with van der Waals surface area (Å²) in [4.78, 5) is 27.1. The number of rotatable bonds is 11. The first-order chi connectivity index (χ1) is 22.0. The number of hydrogen-bond donors (Lipinski definition) is 0. The van der Waals surface area contributed by atoms with E-state index in [1.165, 1.54) is 28.4 Å². The molecule has 0 radical (unpaired) electrons. The molecule has 4 aromatic heterocycles. The molecule has 1 aliphatic heterocycles. The summed E-state index contributed by atoms with van der Waals surface area (Å²) in [5.41, 5.74) is 0.274. The molecule has 0 saturated carbocycles. The third kappa shape index (κ3) is 5.37. The fourth-order valence-corrected chi connectivity index (χ4v) is 8.87. The van der Waals surface area contributed by atoms with Crippen LogP contribution in [0, 0.1) is 0 Å². The Hall–Kier alpha value is -2.97. The first-order valence-electron chi connectivity index (χ1n) is 13.3. The molecule has 0 bridgehead atoms. The predicted octanol–water partition coefficient (Wildman–Crippen LogP) is 11.5. The van der Waals surface area contributed by atoms with Crippen molar-refractivity contribution in [3.8, 4) is 29.3 Å². The molecule has 0 saturated heterocycles. The molecule has 3 nitrogen and oxygen atoms in total. The molecule has 1 aliphatic rings. The van der Waals surface area contributed by atoms with Gasteiger partial charge in [-0.05, 0) is 48.9 Å². The molecule has 0 atom stereocenters. The van der Waals surface area contributed by atoms with Gasteiger partial charge in [0.25, 0.3) is 11.8 Å². The zero-order valence-electron chi connectivity index (χ0n) is 23.5. The number of imide groups is 1. The van der Waals surface area contributed by atoms with Crippen LogP contribution < -0.4 is 0 Å². The van der Waals surface area contributed by atoms with Crippen LogP contribution in [0.4, 0.5) is 57.1 Å². The van der Waals surface area contributed by atoms with E-state index in [9.17, 15) is 66.7 Å². The van der Waals surface area contributed by atoms with Crippen LogP contribution in [0.3, 0.4) is 0 Å². The van der Waals surface area contributed by atoms with Crippen molar-refractivity contribution in [2.75, 3.05) is 6.54 Å². The molecular weight excluding hydrogens is 758 g/mol. The Labute approximate surface area is 277 Å². The van der Waals surface area contributed by atoms with Crippen LogP contribution in [0.25, 0.3) is 29.3 Å². The molecule has 0 N–H and O–H groups in total. The quantitative estimate of drug-likeness (QED) is 0.112. The minimum absolute atomic E-state index is 0.106. The van der Waals surface area contributed by atoms with Crippen molar-refractivity contribution < 1.29 is 66.7 Å². The highest BCUT2D eigenvalue weighted by atomic mass is 32.1. The molecular formula is C28H16F13NO2S4. The van der Waals surface area contributed by atoms with Gasteiger partial charge in [0.2, 0.25) is 0 Å². The second-order valence-corrected chi connectivity index (χ2v) is 14.6. The maximum Gasteiger partial charge on any atom is 0.460 e. The SMILES string of the molecule is CCCCN1C(=O)c2cc(-c3ccc(-c4ccc(-c5ccc(C(F)(F)C(F)(F)C(F)(F)C(F)(F)C(F)(F)C(F)(F)F)s5)s4)s3)sc2C1=O. The lowest BCUT2D eigenvalue weighted by Crippen LogP contribution is -2.69. The lowest BCUT2D eigenvalue weighted by Gasteiger charge is -2.39. The fourth-order valence-electron chi connectivity index (χ4n) is 4.48. The molecule has 0 unspecified atom stereocenters. The van der Waals surface area contributed by atoms with E-state index in [4.69, 9.17) is 0 Å². The maximum atomic E-state index is 14.7. The van der Waals surface area contributed by atoms with Crippen LogP contribution in [0.15, 0.2) is 42.5 Å². The van der Waals surface area contributed by atoms with E-state index >= 15 is 0 Å². The van der Waals surface area contributed by atoms with Gasteiger partial charge in [0.05, 0.1) is 10.4 Å². The highest BCUT2D eigenvalue weighted by molar-refractivity contribution is 7.28. The van der Waals surface area contributed by atoms with Crippen LogP contribution in [-0.4, -0.2) is 53.1 Å². The highest BCUT2D eigenvalue weighted by Gasteiger charge is 2.91. The molecule has 48 heavy (non-hydrogen) atoms. The number of thiophene rings is 4. The van der Waals surface area contributed by atoms with Gasteiger partial charge in [0, 0.05) is 35.8 Å². The molecule has 5 rings (SSSR count). The second kappa shape index (κ2) is 11.8. The third-order valence-electron chi connectivity index (χ3n) is 7.17. The Balaban J connectivity index is 1.37. The zero-order chi connectivity index (χ0) is 35.8. The number of nitrogens with zero attached hydrogens (tertiary/aromatic N) is 1. The van der Waals surface area contributed by atoms with Gasteiger partial charge in [-0.15, -0.1) is 45.3 Å². The largest absolute Gasteiger partial charge is 0.460 e. The van der Waals surface area contributed by atoms with Gasteiger partial charge >= 0.3 is 35.8 Å². The van der Waals surface area contributed by atoms with Crippen LogP contribution in [0.2, 0.25) is 0 Å². The topological polar surface area (TPSA) is 37.4 Å². The fraction of sp³-hybridized carbons (Fsp3) is 0.357. The first-order valence-corrected chi connectivity index (χ1v) is 16.5. The van der Waals surface area contributed by atoms with E-state index in [0.29, 0.717) is 37.4 Å². The van der Waals surface area contributed by atoms with Crippen molar-refractivity contribution in [2.45, 2.75) is 55.6 Å². The number of hydrogen-bond acceptors (Lipinski definition) is 6. The van der Waals surface area contributed by atoms with Crippen molar-refractivity contribution in [3.05, 3.63) is 57.8 Å². The maximum absolute atomic E-state index is 14.7. The molecule has 0 fully saturated rings. The minimum Gasteiger partial charge on any atom is -0.274 e. The smallest absolute Gasteiger partial charge is 0.274 e. The van der Waals surface area contributed by atoms with Crippen molar-refractivity contribution in [2.24, 2.45) is 0 Å². The van der Waals surface area contributed by atoms with Crippen LogP contribution in [0.5, 0.6) is 0 Å². The number of alkyl halides is 13. The van der Waals surface area contributed by atoms with Gasteiger partial charge in [-0.2, -0.15) is 57.1 Å². The average Bonchev–Trinajstić information content (AvgIpc) is 3.82. The Bertz CT molecular complexity index is 1830. The minimum atomic E-state index is -7.96. The summed E-state index contributed by atoms with van der Waals surface area (Å²) in [6, 6.07) is 8.65. The van der Waals surface area contributed by atoms with Crippen LogP contribution in [-0.2, 0) is 5.92 Å². The second-order valence-electron chi connectivity index (χ2n) is 10.3. The predicted molar refractivity (Wildman–Crippen MR) is 154 cm³/mol. The van der Waals surface area contributed by atoms with Crippen molar-refractivity contribution in [1.29, 1.82) is 0 Å². The summed E-state index contributed by atoms with van der Waals surface area (Å²) in [5, 5.41) is 0. The Kier molecular flexibility index (Phi) is 8.95. The normalized spacial score (nSPS) is 15.2. The number of unbranched alkanes of at least 4 members (excludes halogenated alkanes) is 1. The third-order valence-corrected chi connectivity index (χ3v) is 12.2. The van der Waals surface area contributed by atoms with Gasteiger partial charge in [0.15, 0.2) is 0 Å². The summed E-state index contributed by atoms with van der Waals surface area (Å²) in [5.74, 6) is -38.1. The highest BCUT2D eigenvalue weighted by Crippen LogP contribution is 2.62. The van der Waals surface area contributed by atoms with Gasteiger partial charge in [-0.3, -0.25) is 14.5 Å². The van der Waals surface area contributed by atoms with E-state index in [1.54, 1.807) is 18.2 Å². The van der Waals surface area contributed by atoms with Gasteiger partial charge in [-0.1, -0.05) is 13.3 Å². The number of carbonyl (C=O) groups is 2. The van der Waals surface area contributed by atoms with Gasteiger partial charge < -0.3 is 0 Å². The number of amides is 2. The van der Waals surface area contributed by atoms with Gasteiger partial charge in [-0.25, -0.2) is 0 Å². The number of fused-ring (bicyclic) bond motifs is 1. The van der Waals surface area contributed by atoms with E-state index in [1.807, 2.05) is 6.92 Å². The molecule has 0 aromatic carbocycles. The number of carbonyl (C=O) groups excluding carboxylic acids is 2. The van der Waals surface area contributed by atoms with E-state index < -0.39 is 52.5 Å². The molecule has 5 heterocycles. The summed E-state index contributed by atoms with van der Waals surface area (Å²) < 4.78 is 177. The number of halogens is 13. The zero-order valence-corrected chi connectivity index (χ0v) is 26.7. The van der Waals surface area contributed by atoms with Crippen molar-refractivity contribution in [3.63, 3.8) is 0 Å². The van der Waals surface area contributed by atoms with Crippen molar-refractivity contribution in [1.82, 2.24) is 4.90 Å². The standard InChI is InChI=1S/C28H16F13NO2S4/c1-2-3-10-42-21(43)12-11-18(48-20(12)22(42)44)17-7-6-14(46-17)13-4-5-15(45-13)16-8-9-19(47-16)23(29,30)24(31,32)25(33,34)26(35,36)27(37,38)28(39,40)41/h4-9,11H,2-3,10H2,1H3. The van der Waals surface area contributed by atoms with E-state index in [2.05, 4.69) is 0 Å². The van der Waals surface area contributed by atoms with E-state index in [-0.39, 0.29) is 32.7 Å². The van der Waals surface area contributed by atoms with Crippen LogP contribution >= 0.6 is 45.3 Å². The summed E-state index contributed by atoms with van der Waals surface area (Å²) in [7, 11) is 0. The lowest BCUT2D eigenvalue weighted by molar-refractivity contribution is -0.441. The Morgan fingerprint density at radius 1 is 0.562 bits per heavy atom. The molecule has 20 heteroatoms. The average molecular weight is 774 g/mol. The summed E-state index contributed by atoms with van der Waals surface area (Å²) >= 11 is 2.97. The molecule has 4 aromatic rings. The monoisotopic (exact) mass is 773 g/mol. The molecule has 0 spiro atoms. The molecule has 260 valence electrons. The lowest BCUT2D eigenvalue weighted by atomic mass is 9.93. The van der Waals surface area contributed by atoms with Gasteiger partial charge in [0.1, 0.15) is 4.88 Å². The first kappa shape index (κ1) is 36.3. The Morgan fingerprint density at radius 2 is 1.02 bits per heavy atom.